The van der Waals surface area contributed by atoms with Crippen LogP contribution in [-0.4, -0.2) is 39.6 Å². The van der Waals surface area contributed by atoms with Gasteiger partial charge in [-0.15, -0.1) is 0 Å². The Kier molecular flexibility index (Phi) is 4.75. The molecule has 7 nitrogen and oxygen atoms in total. The smallest absolute Gasteiger partial charge is 0.298 e. The minimum atomic E-state index is -3.67. The van der Waals surface area contributed by atoms with Crippen LogP contribution in [0.2, 0.25) is 0 Å². The molecule has 0 spiro atoms. The van der Waals surface area contributed by atoms with Gasteiger partial charge in [-0.25, -0.2) is 13.1 Å². The van der Waals surface area contributed by atoms with Gasteiger partial charge in [0.1, 0.15) is 16.2 Å². The molecule has 1 aliphatic heterocycles. The SMILES string of the molecule is COc1ccccc1S(=O)(=O)NCC1CCCN1c1nc2ccccc2o1. The number of methoxy groups -OCH3 is 1. The number of para-hydroxylation sites is 3. The van der Waals surface area contributed by atoms with Gasteiger partial charge in [0.15, 0.2) is 5.58 Å². The molecular formula is C19H21N3O4S. The molecule has 0 amide bonds. The predicted octanol–water partition coefficient (Wildman–Crippen LogP) is 2.78. The molecule has 0 saturated carbocycles. The molecule has 1 aromatic heterocycles. The topological polar surface area (TPSA) is 84.7 Å². The number of ether oxygens (including phenoxy) is 1. The predicted molar refractivity (Wildman–Crippen MR) is 103 cm³/mol. The Balaban J connectivity index is 1.51. The number of nitrogens with zero attached hydrogens (tertiary/aromatic N) is 2. The largest absolute Gasteiger partial charge is 0.495 e. The van der Waals surface area contributed by atoms with E-state index in [1.54, 1.807) is 18.2 Å². The molecular weight excluding hydrogens is 366 g/mol. The van der Waals surface area contributed by atoms with Crippen LogP contribution >= 0.6 is 0 Å². The molecule has 0 aliphatic carbocycles. The molecule has 1 N–H and O–H groups in total. The van der Waals surface area contributed by atoms with Gasteiger partial charge in [0.25, 0.3) is 6.01 Å². The lowest BCUT2D eigenvalue weighted by Crippen LogP contribution is -2.40. The van der Waals surface area contributed by atoms with E-state index in [1.807, 2.05) is 29.2 Å². The summed E-state index contributed by atoms with van der Waals surface area (Å²) < 4.78 is 39.1. The number of anilines is 1. The van der Waals surface area contributed by atoms with E-state index in [2.05, 4.69) is 9.71 Å². The normalized spacial score (nSPS) is 17.5. The van der Waals surface area contributed by atoms with E-state index in [9.17, 15) is 8.42 Å². The third kappa shape index (κ3) is 3.50. The van der Waals surface area contributed by atoms with E-state index in [0.717, 1.165) is 30.5 Å². The minimum Gasteiger partial charge on any atom is -0.495 e. The summed E-state index contributed by atoms with van der Waals surface area (Å²) in [6, 6.07) is 14.7. The average molecular weight is 387 g/mol. The lowest BCUT2D eigenvalue weighted by Gasteiger charge is -2.23. The molecule has 27 heavy (non-hydrogen) atoms. The molecule has 142 valence electrons. The Morgan fingerprint density at radius 3 is 2.81 bits per heavy atom. The van der Waals surface area contributed by atoms with Gasteiger partial charge < -0.3 is 14.1 Å². The quantitative estimate of drug-likeness (QED) is 0.700. The fourth-order valence-corrected chi connectivity index (χ4v) is 4.65. The van der Waals surface area contributed by atoms with Crippen LogP contribution in [0.4, 0.5) is 6.01 Å². The Morgan fingerprint density at radius 2 is 2.00 bits per heavy atom. The zero-order chi connectivity index (χ0) is 18.9. The molecule has 1 aliphatic rings. The summed E-state index contributed by atoms with van der Waals surface area (Å²) in [6.07, 6.45) is 1.83. The zero-order valence-corrected chi connectivity index (χ0v) is 15.8. The highest BCUT2D eigenvalue weighted by atomic mass is 32.2. The highest BCUT2D eigenvalue weighted by Crippen LogP contribution is 2.28. The van der Waals surface area contributed by atoms with Gasteiger partial charge in [0.05, 0.1) is 7.11 Å². The van der Waals surface area contributed by atoms with Crippen LogP contribution in [0.3, 0.4) is 0 Å². The number of hydrogen-bond donors (Lipinski definition) is 1. The summed E-state index contributed by atoms with van der Waals surface area (Å²) in [7, 11) is -2.21. The Hall–Kier alpha value is -2.58. The van der Waals surface area contributed by atoms with Crippen molar-refractivity contribution in [1.82, 2.24) is 9.71 Å². The number of benzene rings is 2. The molecule has 0 bridgehead atoms. The van der Waals surface area contributed by atoms with Gasteiger partial charge in [-0.3, -0.25) is 0 Å². The molecule has 1 atom stereocenters. The highest BCUT2D eigenvalue weighted by Gasteiger charge is 2.30. The zero-order valence-electron chi connectivity index (χ0n) is 15.0. The molecule has 1 fully saturated rings. The van der Waals surface area contributed by atoms with Gasteiger partial charge in [-0.1, -0.05) is 24.3 Å². The second-order valence-electron chi connectivity index (χ2n) is 6.46. The molecule has 1 saturated heterocycles. The summed E-state index contributed by atoms with van der Waals surface area (Å²) in [6.45, 7) is 1.06. The van der Waals surface area contributed by atoms with E-state index in [0.29, 0.717) is 11.8 Å². The first-order valence-electron chi connectivity index (χ1n) is 8.83. The van der Waals surface area contributed by atoms with Crippen molar-refractivity contribution in [2.24, 2.45) is 0 Å². The van der Waals surface area contributed by atoms with Crippen molar-refractivity contribution in [2.45, 2.75) is 23.8 Å². The highest BCUT2D eigenvalue weighted by molar-refractivity contribution is 7.89. The molecule has 2 aromatic carbocycles. The van der Waals surface area contributed by atoms with Crippen LogP contribution in [0.25, 0.3) is 11.1 Å². The van der Waals surface area contributed by atoms with Crippen molar-refractivity contribution in [2.75, 3.05) is 25.1 Å². The number of fused-ring (bicyclic) bond motifs is 1. The van der Waals surface area contributed by atoms with Crippen LogP contribution in [0.1, 0.15) is 12.8 Å². The molecule has 8 heteroatoms. The maximum Gasteiger partial charge on any atom is 0.298 e. The van der Waals surface area contributed by atoms with E-state index < -0.39 is 10.0 Å². The Morgan fingerprint density at radius 1 is 1.22 bits per heavy atom. The fourth-order valence-electron chi connectivity index (χ4n) is 3.41. The first-order valence-corrected chi connectivity index (χ1v) is 10.3. The van der Waals surface area contributed by atoms with Gasteiger partial charge >= 0.3 is 0 Å². The van der Waals surface area contributed by atoms with E-state index in [4.69, 9.17) is 9.15 Å². The molecule has 0 radical (unpaired) electrons. The van der Waals surface area contributed by atoms with Crippen LogP contribution < -0.4 is 14.4 Å². The molecule has 2 heterocycles. The number of rotatable bonds is 6. The molecule has 4 rings (SSSR count). The maximum absolute atomic E-state index is 12.7. The monoisotopic (exact) mass is 387 g/mol. The molecule has 1 unspecified atom stereocenters. The fraction of sp³-hybridized carbons (Fsp3) is 0.316. The maximum atomic E-state index is 12.7. The second-order valence-corrected chi connectivity index (χ2v) is 8.19. The van der Waals surface area contributed by atoms with Crippen LogP contribution in [0.5, 0.6) is 5.75 Å². The number of sulfonamides is 1. The van der Waals surface area contributed by atoms with Crippen molar-refractivity contribution in [1.29, 1.82) is 0 Å². The summed E-state index contributed by atoms with van der Waals surface area (Å²) in [5.74, 6) is 0.326. The summed E-state index contributed by atoms with van der Waals surface area (Å²) in [4.78, 5) is 6.71. The number of aromatic nitrogens is 1. The van der Waals surface area contributed by atoms with Crippen LogP contribution in [0, 0.1) is 0 Å². The number of oxazole rings is 1. The minimum absolute atomic E-state index is 0.0115. The van der Waals surface area contributed by atoms with Gasteiger partial charge in [0, 0.05) is 19.1 Å². The van der Waals surface area contributed by atoms with Crippen molar-refractivity contribution < 1.29 is 17.6 Å². The van der Waals surface area contributed by atoms with Gasteiger partial charge in [-0.05, 0) is 37.1 Å². The van der Waals surface area contributed by atoms with Crippen molar-refractivity contribution in [3.8, 4) is 5.75 Å². The number of hydrogen-bond acceptors (Lipinski definition) is 6. The second kappa shape index (κ2) is 7.21. The van der Waals surface area contributed by atoms with E-state index >= 15 is 0 Å². The van der Waals surface area contributed by atoms with E-state index in [-0.39, 0.29) is 17.5 Å². The lowest BCUT2D eigenvalue weighted by molar-refractivity contribution is 0.402. The van der Waals surface area contributed by atoms with Crippen LogP contribution in [-0.2, 0) is 10.0 Å². The third-order valence-corrected chi connectivity index (χ3v) is 6.24. The Labute approximate surface area is 158 Å². The van der Waals surface area contributed by atoms with E-state index in [1.165, 1.54) is 13.2 Å². The van der Waals surface area contributed by atoms with Gasteiger partial charge in [0.2, 0.25) is 10.0 Å². The lowest BCUT2D eigenvalue weighted by atomic mass is 10.2. The van der Waals surface area contributed by atoms with Crippen molar-refractivity contribution >= 4 is 27.1 Å². The third-order valence-electron chi connectivity index (χ3n) is 4.77. The summed E-state index contributed by atoms with van der Waals surface area (Å²) in [5.41, 5.74) is 1.53. The Bertz CT molecular complexity index is 1010. The first-order chi connectivity index (χ1) is 13.1. The average Bonchev–Trinajstić information content (AvgIpc) is 3.32. The number of nitrogens with one attached hydrogen (secondary N) is 1. The molecule has 3 aromatic rings. The first kappa shape index (κ1) is 17.8. The van der Waals surface area contributed by atoms with Crippen LogP contribution in [0.15, 0.2) is 57.8 Å². The van der Waals surface area contributed by atoms with Crippen molar-refractivity contribution in [3.63, 3.8) is 0 Å². The van der Waals surface area contributed by atoms with Gasteiger partial charge in [-0.2, -0.15) is 4.98 Å². The van der Waals surface area contributed by atoms with Crippen molar-refractivity contribution in [3.05, 3.63) is 48.5 Å². The summed E-state index contributed by atoms with van der Waals surface area (Å²) in [5, 5.41) is 0. The standard InChI is InChI=1S/C19H21N3O4S/c1-25-17-10-4-5-11-18(17)27(23,24)20-13-14-7-6-12-22(14)19-21-15-8-2-3-9-16(15)26-19/h2-5,8-11,14,20H,6-7,12-13H2,1H3. The summed E-state index contributed by atoms with van der Waals surface area (Å²) >= 11 is 0.